The van der Waals surface area contributed by atoms with E-state index in [1.54, 1.807) is 12.1 Å². The first-order valence-electron chi connectivity index (χ1n) is 8.36. The van der Waals surface area contributed by atoms with Crippen LogP contribution in [0.15, 0.2) is 52.6 Å². The molecule has 1 aliphatic rings. The van der Waals surface area contributed by atoms with Crippen LogP contribution in [-0.2, 0) is 0 Å². The number of hydrogen-bond acceptors (Lipinski definition) is 1. The van der Waals surface area contributed by atoms with E-state index in [2.05, 4.69) is 13.8 Å². The van der Waals surface area contributed by atoms with Gasteiger partial charge in [0, 0.05) is 11.5 Å². The number of hydrogen-bond donors (Lipinski definition) is 1. The normalized spacial score (nSPS) is 15.5. The summed E-state index contributed by atoms with van der Waals surface area (Å²) < 4.78 is 28.1. The quantitative estimate of drug-likeness (QED) is 0.669. The summed E-state index contributed by atoms with van der Waals surface area (Å²) >= 11 is 0. The van der Waals surface area contributed by atoms with Crippen molar-refractivity contribution in [2.24, 2.45) is 0 Å². The maximum atomic E-state index is 14.1. The van der Waals surface area contributed by atoms with E-state index in [9.17, 15) is 13.9 Å². The van der Waals surface area contributed by atoms with E-state index < -0.39 is 11.6 Å². The Morgan fingerprint density at radius 1 is 0.760 bits per heavy atom. The minimum absolute atomic E-state index is 0.0713. The molecule has 0 amide bonds. The SMILES string of the molecule is CC1=C(C)C(c2cc(F)c(F)cc2-c2ccc(C)cc2O)C(C)=C1C. The number of aryl methyl sites for hydroxylation is 1. The van der Waals surface area contributed by atoms with Crippen LogP contribution < -0.4 is 0 Å². The minimum Gasteiger partial charge on any atom is -0.507 e. The van der Waals surface area contributed by atoms with Gasteiger partial charge in [0.2, 0.25) is 0 Å². The molecule has 1 aliphatic carbocycles. The molecule has 25 heavy (non-hydrogen) atoms. The van der Waals surface area contributed by atoms with E-state index in [4.69, 9.17) is 0 Å². The molecule has 2 aromatic rings. The fourth-order valence-corrected chi connectivity index (χ4v) is 3.72. The third-order valence-corrected chi connectivity index (χ3v) is 5.46. The summed E-state index contributed by atoms with van der Waals surface area (Å²) in [6, 6.07) is 7.72. The number of halogens is 2. The Morgan fingerprint density at radius 2 is 1.32 bits per heavy atom. The summed E-state index contributed by atoms with van der Waals surface area (Å²) in [7, 11) is 0. The molecule has 3 heteroatoms. The molecule has 0 radical (unpaired) electrons. The third kappa shape index (κ3) is 2.78. The zero-order valence-electron chi connectivity index (χ0n) is 15.2. The Kier molecular flexibility index (Phi) is 4.28. The highest BCUT2D eigenvalue weighted by atomic mass is 19.2. The predicted molar refractivity (Wildman–Crippen MR) is 97.7 cm³/mol. The van der Waals surface area contributed by atoms with Gasteiger partial charge in [-0.1, -0.05) is 23.3 Å². The van der Waals surface area contributed by atoms with Crippen LogP contribution in [0.5, 0.6) is 5.75 Å². The molecule has 0 aromatic heterocycles. The zero-order valence-corrected chi connectivity index (χ0v) is 15.2. The minimum atomic E-state index is -0.909. The van der Waals surface area contributed by atoms with E-state index in [1.807, 2.05) is 26.8 Å². The summed E-state index contributed by atoms with van der Waals surface area (Å²) in [6.07, 6.45) is 0. The Labute approximate surface area is 147 Å². The lowest BCUT2D eigenvalue weighted by Gasteiger charge is -2.21. The van der Waals surface area contributed by atoms with Crippen molar-refractivity contribution in [1.82, 2.24) is 0 Å². The van der Waals surface area contributed by atoms with Gasteiger partial charge >= 0.3 is 0 Å². The first-order chi connectivity index (χ1) is 11.7. The maximum absolute atomic E-state index is 14.1. The van der Waals surface area contributed by atoms with Crippen LogP contribution in [0.4, 0.5) is 8.78 Å². The van der Waals surface area contributed by atoms with Crippen molar-refractivity contribution in [3.63, 3.8) is 0 Å². The summed E-state index contributed by atoms with van der Waals surface area (Å²) in [6.45, 7) is 10.0. The van der Waals surface area contributed by atoms with Gasteiger partial charge in [0.1, 0.15) is 5.75 Å². The standard InChI is InChI=1S/C22H22F2O/c1-11-6-7-16(21(25)8-11)17-9-19(23)20(24)10-18(17)22-14(4)12(2)13(3)15(22)5/h6-10,22,25H,1-5H3. The van der Waals surface area contributed by atoms with Crippen LogP contribution in [0.25, 0.3) is 11.1 Å². The van der Waals surface area contributed by atoms with Crippen LogP contribution in [0.2, 0.25) is 0 Å². The molecule has 0 unspecified atom stereocenters. The molecule has 0 bridgehead atoms. The summed E-state index contributed by atoms with van der Waals surface area (Å²) in [5, 5.41) is 10.4. The van der Waals surface area contributed by atoms with E-state index >= 15 is 0 Å². The molecule has 0 saturated carbocycles. The molecular weight excluding hydrogens is 318 g/mol. The second-order valence-corrected chi connectivity index (χ2v) is 6.92. The molecular formula is C22H22F2O. The van der Waals surface area contributed by atoms with Gasteiger partial charge < -0.3 is 5.11 Å². The van der Waals surface area contributed by atoms with Crippen molar-refractivity contribution in [3.05, 3.63) is 75.4 Å². The highest BCUT2D eigenvalue weighted by molar-refractivity contribution is 5.76. The molecule has 1 N–H and O–H groups in total. The average Bonchev–Trinajstić information content (AvgIpc) is 2.74. The maximum Gasteiger partial charge on any atom is 0.159 e. The highest BCUT2D eigenvalue weighted by Crippen LogP contribution is 2.47. The molecule has 2 aromatic carbocycles. The van der Waals surface area contributed by atoms with Gasteiger partial charge in [-0.25, -0.2) is 8.78 Å². The van der Waals surface area contributed by atoms with Crippen molar-refractivity contribution >= 4 is 0 Å². The Balaban J connectivity index is 2.30. The van der Waals surface area contributed by atoms with Crippen molar-refractivity contribution in [2.45, 2.75) is 40.5 Å². The van der Waals surface area contributed by atoms with Crippen molar-refractivity contribution in [3.8, 4) is 16.9 Å². The fraction of sp³-hybridized carbons (Fsp3) is 0.273. The number of phenols is 1. The van der Waals surface area contributed by atoms with Crippen molar-refractivity contribution < 1.29 is 13.9 Å². The number of phenolic OH excluding ortho intramolecular Hbond substituents is 1. The van der Waals surface area contributed by atoms with E-state index in [0.29, 0.717) is 16.7 Å². The van der Waals surface area contributed by atoms with Gasteiger partial charge in [-0.05, 0) is 80.7 Å². The van der Waals surface area contributed by atoms with Crippen LogP contribution in [-0.4, -0.2) is 5.11 Å². The summed E-state index contributed by atoms with van der Waals surface area (Å²) in [4.78, 5) is 0. The fourth-order valence-electron chi connectivity index (χ4n) is 3.72. The topological polar surface area (TPSA) is 20.2 Å². The van der Waals surface area contributed by atoms with Crippen LogP contribution in [0, 0.1) is 18.6 Å². The first-order valence-corrected chi connectivity index (χ1v) is 8.36. The average molecular weight is 340 g/mol. The molecule has 0 heterocycles. The zero-order chi connectivity index (χ0) is 18.5. The van der Waals surface area contributed by atoms with E-state index in [-0.39, 0.29) is 11.7 Å². The summed E-state index contributed by atoms with van der Waals surface area (Å²) in [5.41, 5.74) is 7.28. The number of benzene rings is 2. The molecule has 1 nitrogen and oxygen atoms in total. The first kappa shape index (κ1) is 17.4. The molecule has 0 saturated heterocycles. The molecule has 0 fully saturated rings. The highest BCUT2D eigenvalue weighted by Gasteiger charge is 2.29. The van der Waals surface area contributed by atoms with E-state index in [1.165, 1.54) is 23.3 Å². The van der Waals surface area contributed by atoms with E-state index in [0.717, 1.165) is 16.7 Å². The monoisotopic (exact) mass is 340 g/mol. The Bertz CT molecular complexity index is 911. The molecule has 130 valence electrons. The molecule has 0 atom stereocenters. The van der Waals surface area contributed by atoms with Gasteiger partial charge in [-0.2, -0.15) is 0 Å². The lowest BCUT2D eigenvalue weighted by molar-refractivity contribution is 0.476. The smallest absolute Gasteiger partial charge is 0.159 e. The van der Waals surface area contributed by atoms with Gasteiger partial charge in [0.25, 0.3) is 0 Å². The van der Waals surface area contributed by atoms with Crippen molar-refractivity contribution in [2.75, 3.05) is 0 Å². The Morgan fingerprint density at radius 3 is 1.88 bits per heavy atom. The van der Waals surface area contributed by atoms with Gasteiger partial charge in [-0.15, -0.1) is 0 Å². The lowest BCUT2D eigenvalue weighted by Crippen LogP contribution is -2.04. The number of rotatable bonds is 2. The molecule has 3 rings (SSSR count). The number of aromatic hydroxyl groups is 1. The summed E-state index contributed by atoms with van der Waals surface area (Å²) in [5.74, 6) is -1.81. The van der Waals surface area contributed by atoms with Crippen LogP contribution in [0.1, 0.15) is 44.7 Å². The second-order valence-electron chi connectivity index (χ2n) is 6.92. The Hall–Kier alpha value is -2.42. The molecule has 0 aliphatic heterocycles. The lowest BCUT2D eigenvalue weighted by atomic mass is 9.83. The second kappa shape index (κ2) is 6.14. The van der Waals surface area contributed by atoms with Gasteiger partial charge in [0.05, 0.1) is 0 Å². The number of allylic oxidation sites excluding steroid dienone is 4. The largest absolute Gasteiger partial charge is 0.507 e. The van der Waals surface area contributed by atoms with Crippen LogP contribution in [0.3, 0.4) is 0 Å². The van der Waals surface area contributed by atoms with Crippen molar-refractivity contribution in [1.29, 1.82) is 0 Å². The van der Waals surface area contributed by atoms with Gasteiger partial charge in [-0.3, -0.25) is 0 Å². The third-order valence-electron chi connectivity index (χ3n) is 5.46. The molecule has 0 spiro atoms. The van der Waals surface area contributed by atoms with Gasteiger partial charge in [0.15, 0.2) is 11.6 Å². The predicted octanol–water partition coefficient (Wildman–Crippen LogP) is 6.42. The van der Waals surface area contributed by atoms with Crippen LogP contribution >= 0.6 is 0 Å².